The molecule has 2 amide bonds. The van der Waals surface area contributed by atoms with E-state index in [4.69, 9.17) is 14.2 Å². The molecule has 4 aromatic rings. The first-order valence-corrected chi connectivity index (χ1v) is 17.7. The van der Waals surface area contributed by atoms with Gasteiger partial charge in [0.25, 0.3) is 10.0 Å². The number of nitrogens with one attached hydrogen (secondary N) is 1. The van der Waals surface area contributed by atoms with Gasteiger partial charge in [0, 0.05) is 25.1 Å². The molecule has 1 fully saturated rings. The summed E-state index contributed by atoms with van der Waals surface area (Å²) in [6.45, 7) is -0.517. The van der Waals surface area contributed by atoms with Crippen molar-refractivity contribution < 1.29 is 32.2 Å². The van der Waals surface area contributed by atoms with E-state index < -0.39 is 28.5 Å². The first-order chi connectivity index (χ1) is 23.7. The fourth-order valence-electron chi connectivity index (χ4n) is 6.12. The molecule has 4 aromatic carbocycles. The smallest absolute Gasteiger partial charge is 0.264 e. The quantitative estimate of drug-likeness (QED) is 0.173. The van der Waals surface area contributed by atoms with E-state index in [-0.39, 0.29) is 35.6 Å². The van der Waals surface area contributed by atoms with Gasteiger partial charge in [0.1, 0.15) is 18.3 Å². The van der Waals surface area contributed by atoms with Gasteiger partial charge in [-0.1, -0.05) is 73.5 Å². The lowest BCUT2D eigenvalue weighted by Gasteiger charge is -2.34. The molecule has 1 N–H and O–H groups in total. The highest BCUT2D eigenvalue weighted by molar-refractivity contribution is 7.92. The van der Waals surface area contributed by atoms with Crippen LogP contribution in [0.5, 0.6) is 17.2 Å². The Morgan fingerprint density at radius 1 is 0.776 bits per heavy atom. The molecule has 49 heavy (non-hydrogen) atoms. The second-order valence-corrected chi connectivity index (χ2v) is 13.8. The molecule has 1 saturated carbocycles. The fourth-order valence-corrected chi connectivity index (χ4v) is 7.55. The number of carbonyl (C=O) groups excluding carboxylic acids is 2. The van der Waals surface area contributed by atoms with Crippen LogP contribution in [-0.4, -0.2) is 65.1 Å². The van der Waals surface area contributed by atoms with Gasteiger partial charge in [-0.3, -0.25) is 13.9 Å². The van der Waals surface area contributed by atoms with E-state index in [9.17, 15) is 18.0 Å². The Labute approximate surface area is 288 Å². The third-order valence-corrected chi connectivity index (χ3v) is 10.5. The standard InChI is InChI=1S/C38H43N3O7S/c1-46-32-20-12-15-29(23-32)26-40(34(24-28-13-6-4-7-14-28)38(43)39-30-16-10-11-17-30)37(42)27-41(31-18-8-5-9-19-31)49(44,45)33-21-22-35(47-2)36(25-33)48-3/h4-9,12-15,18-23,25,30,34H,10-11,16-17,24,26-27H2,1-3H3,(H,39,43)/t34-/m0/s1. The fraction of sp³-hybridized carbons (Fsp3) is 0.316. The number of hydrogen-bond acceptors (Lipinski definition) is 7. The Morgan fingerprint density at radius 2 is 1.43 bits per heavy atom. The molecule has 0 heterocycles. The maximum absolute atomic E-state index is 14.7. The number of sulfonamides is 1. The van der Waals surface area contributed by atoms with Crippen molar-refractivity contribution in [2.75, 3.05) is 32.2 Å². The molecular formula is C38H43N3O7S. The number of methoxy groups -OCH3 is 3. The lowest BCUT2D eigenvalue weighted by molar-refractivity contribution is -0.140. The Kier molecular flexibility index (Phi) is 11.8. The van der Waals surface area contributed by atoms with Crippen LogP contribution in [-0.2, 0) is 32.6 Å². The summed E-state index contributed by atoms with van der Waals surface area (Å²) in [5, 5.41) is 3.19. The second kappa shape index (κ2) is 16.4. The van der Waals surface area contributed by atoms with Gasteiger partial charge in [0.15, 0.2) is 11.5 Å². The van der Waals surface area contributed by atoms with Crippen molar-refractivity contribution >= 4 is 27.5 Å². The zero-order chi connectivity index (χ0) is 34.8. The van der Waals surface area contributed by atoms with Crippen molar-refractivity contribution in [2.24, 2.45) is 0 Å². The van der Waals surface area contributed by atoms with Gasteiger partial charge >= 0.3 is 0 Å². The molecule has 1 atom stereocenters. The normalized spacial score (nSPS) is 13.7. The summed E-state index contributed by atoms with van der Waals surface area (Å²) in [7, 11) is 0.132. The summed E-state index contributed by atoms with van der Waals surface area (Å²) in [6, 6.07) is 28.6. The highest BCUT2D eigenvalue weighted by Crippen LogP contribution is 2.32. The Bertz CT molecular complexity index is 1810. The molecule has 0 spiro atoms. The predicted molar refractivity (Wildman–Crippen MR) is 188 cm³/mol. The highest BCUT2D eigenvalue weighted by atomic mass is 32.2. The molecule has 258 valence electrons. The van der Waals surface area contributed by atoms with Gasteiger partial charge in [-0.2, -0.15) is 0 Å². The molecule has 1 aliphatic rings. The number of amides is 2. The first kappa shape index (κ1) is 35.3. The molecule has 11 heteroatoms. The zero-order valence-electron chi connectivity index (χ0n) is 28.1. The summed E-state index contributed by atoms with van der Waals surface area (Å²) in [5.41, 5.74) is 1.89. The Hall–Kier alpha value is -5.03. The van der Waals surface area contributed by atoms with Crippen molar-refractivity contribution in [3.8, 4) is 17.2 Å². The van der Waals surface area contributed by atoms with Crippen LogP contribution >= 0.6 is 0 Å². The SMILES string of the molecule is COc1cccc(CN(C(=O)CN(c2ccccc2)S(=O)(=O)c2ccc(OC)c(OC)c2)[C@@H](Cc2ccccc2)C(=O)NC2CCCC2)c1. The molecule has 1 aliphatic carbocycles. The minimum absolute atomic E-state index is 0.0193. The summed E-state index contributed by atoms with van der Waals surface area (Å²) < 4.78 is 46.0. The largest absolute Gasteiger partial charge is 0.497 e. The van der Waals surface area contributed by atoms with Gasteiger partial charge in [-0.05, 0) is 60.4 Å². The number of benzene rings is 4. The van der Waals surface area contributed by atoms with Gasteiger partial charge in [0.05, 0.1) is 31.9 Å². The highest BCUT2D eigenvalue weighted by Gasteiger charge is 2.36. The van der Waals surface area contributed by atoms with Crippen LogP contribution in [0.3, 0.4) is 0 Å². The van der Waals surface area contributed by atoms with Crippen LogP contribution < -0.4 is 23.8 Å². The number of rotatable bonds is 15. The Balaban J connectivity index is 1.57. The lowest BCUT2D eigenvalue weighted by atomic mass is 10.0. The van der Waals surface area contributed by atoms with Crippen LogP contribution in [0, 0.1) is 0 Å². The zero-order valence-corrected chi connectivity index (χ0v) is 28.9. The van der Waals surface area contributed by atoms with E-state index in [1.165, 1.54) is 37.3 Å². The van der Waals surface area contributed by atoms with E-state index in [0.29, 0.717) is 17.2 Å². The average Bonchev–Trinajstić information content (AvgIpc) is 3.65. The third kappa shape index (κ3) is 8.72. The van der Waals surface area contributed by atoms with E-state index in [0.717, 1.165) is 41.1 Å². The first-order valence-electron chi connectivity index (χ1n) is 16.3. The van der Waals surface area contributed by atoms with Crippen LogP contribution in [0.25, 0.3) is 0 Å². The summed E-state index contributed by atoms with van der Waals surface area (Å²) in [6.07, 6.45) is 4.04. The number of anilines is 1. The van der Waals surface area contributed by atoms with Crippen molar-refractivity contribution in [2.45, 2.75) is 55.6 Å². The topological polar surface area (TPSA) is 114 Å². The monoisotopic (exact) mass is 685 g/mol. The van der Waals surface area contributed by atoms with Crippen molar-refractivity contribution in [1.82, 2.24) is 10.2 Å². The predicted octanol–water partition coefficient (Wildman–Crippen LogP) is 5.61. The molecule has 0 saturated heterocycles. The number of ether oxygens (including phenoxy) is 3. The molecule has 0 unspecified atom stereocenters. The van der Waals surface area contributed by atoms with Crippen molar-refractivity contribution in [3.05, 3.63) is 114 Å². The van der Waals surface area contributed by atoms with Crippen molar-refractivity contribution in [3.63, 3.8) is 0 Å². The van der Waals surface area contributed by atoms with Gasteiger partial charge in [0.2, 0.25) is 11.8 Å². The van der Waals surface area contributed by atoms with Gasteiger partial charge in [-0.15, -0.1) is 0 Å². The van der Waals surface area contributed by atoms with Crippen molar-refractivity contribution in [1.29, 1.82) is 0 Å². The van der Waals surface area contributed by atoms with E-state index in [1.807, 2.05) is 48.5 Å². The number of hydrogen-bond donors (Lipinski definition) is 1. The molecule has 0 radical (unpaired) electrons. The van der Waals surface area contributed by atoms with Crippen LogP contribution in [0.4, 0.5) is 5.69 Å². The second-order valence-electron chi connectivity index (χ2n) is 11.9. The van der Waals surface area contributed by atoms with Gasteiger partial charge < -0.3 is 24.4 Å². The van der Waals surface area contributed by atoms with Crippen LogP contribution in [0.1, 0.15) is 36.8 Å². The van der Waals surface area contributed by atoms with E-state index >= 15 is 0 Å². The van der Waals surface area contributed by atoms with Crippen LogP contribution in [0.15, 0.2) is 108 Å². The molecular weight excluding hydrogens is 642 g/mol. The summed E-state index contributed by atoms with van der Waals surface area (Å²) >= 11 is 0. The third-order valence-electron chi connectivity index (χ3n) is 8.73. The molecule has 10 nitrogen and oxygen atoms in total. The minimum Gasteiger partial charge on any atom is -0.497 e. The molecule has 0 aromatic heterocycles. The van der Waals surface area contributed by atoms with E-state index in [1.54, 1.807) is 43.5 Å². The number of para-hydroxylation sites is 1. The average molecular weight is 686 g/mol. The number of carbonyl (C=O) groups is 2. The van der Waals surface area contributed by atoms with E-state index in [2.05, 4.69) is 5.32 Å². The maximum Gasteiger partial charge on any atom is 0.264 e. The molecule has 5 rings (SSSR count). The molecule has 0 aliphatic heterocycles. The molecule has 0 bridgehead atoms. The van der Waals surface area contributed by atoms with Crippen LogP contribution in [0.2, 0.25) is 0 Å². The summed E-state index contributed by atoms with van der Waals surface area (Å²) in [4.78, 5) is 30.3. The van der Waals surface area contributed by atoms with Gasteiger partial charge in [-0.25, -0.2) is 8.42 Å². The Morgan fingerprint density at radius 3 is 2.08 bits per heavy atom. The lowest BCUT2D eigenvalue weighted by Crippen LogP contribution is -2.54. The summed E-state index contributed by atoms with van der Waals surface area (Å²) in [5.74, 6) is 0.375. The maximum atomic E-state index is 14.7. The number of nitrogens with zero attached hydrogens (tertiary/aromatic N) is 2. The minimum atomic E-state index is -4.32.